The Morgan fingerprint density at radius 3 is 2.76 bits per heavy atom. The summed E-state index contributed by atoms with van der Waals surface area (Å²) in [5.74, 6) is -0.157. The Labute approximate surface area is 150 Å². The highest BCUT2D eigenvalue weighted by molar-refractivity contribution is 7.15. The van der Waals surface area contributed by atoms with Gasteiger partial charge in [-0.25, -0.2) is 0 Å². The van der Waals surface area contributed by atoms with E-state index >= 15 is 0 Å². The molecular weight excluding hydrogens is 336 g/mol. The van der Waals surface area contributed by atoms with E-state index in [1.165, 1.54) is 11.3 Å². The van der Waals surface area contributed by atoms with E-state index in [0.717, 1.165) is 42.8 Å². The second-order valence-corrected chi connectivity index (χ2v) is 8.14. The average Bonchev–Trinajstić information content (AvgIpc) is 3.09. The zero-order valence-corrected chi connectivity index (χ0v) is 15.0. The number of carbonyl (C=O) groups excluding carboxylic acids is 1. The summed E-state index contributed by atoms with van der Waals surface area (Å²) in [4.78, 5) is 14.9. The van der Waals surface area contributed by atoms with Crippen LogP contribution in [0.2, 0.25) is 0 Å². The fourth-order valence-electron chi connectivity index (χ4n) is 4.04. The summed E-state index contributed by atoms with van der Waals surface area (Å²) in [6, 6.07) is 8.70. The lowest BCUT2D eigenvalue weighted by Crippen LogP contribution is -2.44. The minimum absolute atomic E-state index is 0.152. The van der Waals surface area contributed by atoms with Crippen LogP contribution in [0.4, 0.5) is 5.13 Å². The maximum absolute atomic E-state index is 12.4. The van der Waals surface area contributed by atoms with E-state index in [2.05, 4.69) is 26.5 Å². The molecule has 132 valence electrons. The number of anilines is 1. The van der Waals surface area contributed by atoms with Crippen molar-refractivity contribution in [2.24, 2.45) is 0 Å². The van der Waals surface area contributed by atoms with Crippen LogP contribution in [0, 0.1) is 6.92 Å². The molecule has 6 nitrogen and oxygen atoms in total. The molecule has 0 spiro atoms. The molecule has 2 saturated heterocycles. The number of fused-ring (bicyclic) bond motifs is 2. The predicted octanol–water partition coefficient (Wildman–Crippen LogP) is 2.59. The van der Waals surface area contributed by atoms with Crippen LogP contribution >= 0.6 is 11.3 Å². The normalized spacial score (nSPS) is 25.9. The molecule has 0 aliphatic carbocycles. The highest BCUT2D eigenvalue weighted by Gasteiger charge is 2.39. The number of hydrogen-bond donors (Lipinski definition) is 2. The van der Waals surface area contributed by atoms with Gasteiger partial charge in [0.25, 0.3) is 5.91 Å². The Bertz CT molecular complexity index is 764. The number of rotatable bonds is 4. The second kappa shape index (κ2) is 6.82. The first kappa shape index (κ1) is 16.6. The topological polar surface area (TPSA) is 78.4 Å². The summed E-state index contributed by atoms with van der Waals surface area (Å²) < 4.78 is 0. The van der Waals surface area contributed by atoms with Crippen molar-refractivity contribution in [1.29, 1.82) is 0 Å². The Morgan fingerprint density at radius 1 is 1.32 bits per heavy atom. The Hall–Kier alpha value is -1.83. The SMILES string of the molecule is Cc1nnc(NC(=O)c2cccc(CN3[C@@H]4CC[C@H]3CC(O)C4)c2)s1. The van der Waals surface area contributed by atoms with Gasteiger partial charge in [0, 0.05) is 24.2 Å². The lowest BCUT2D eigenvalue weighted by atomic mass is 9.99. The maximum atomic E-state index is 12.4. The van der Waals surface area contributed by atoms with Gasteiger partial charge < -0.3 is 5.11 Å². The molecule has 2 fully saturated rings. The molecular formula is C18H22N4O2S. The van der Waals surface area contributed by atoms with Crippen molar-refractivity contribution in [3.63, 3.8) is 0 Å². The summed E-state index contributed by atoms with van der Waals surface area (Å²) in [5.41, 5.74) is 1.77. The van der Waals surface area contributed by atoms with Gasteiger partial charge in [-0.3, -0.25) is 15.0 Å². The molecule has 2 bridgehead atoms. The summed E-state index contributed by atoms with van der Waals surface area (Å²) in [6.45, 7) is 2.69. The average molecular weight is 358 g/mol. The van der Waals surface area contributed by atoms with Crippen molar-refractivity contribution in [1.82, 2.24) is 15.1 Å². The maximum Gasteiger partial charge on any atom is 0.257 e. The van der Waals surface area contributed by atoms with Crippen molar-refractivity contribution in [3.8, 4) is 0 Å². The van der Waals surface area contributed by atoms with Crippen molar-refractivity contribution < 1.29 is 9.90 Å². The first-order valence-electron chi connectivity index (χ1n) is 8.72. The quantitative estimate of drug-likeness (QED) is 0.878. The van der Waals surface area contributed by atoms with Gasteiger partial charge in [0.2, 0.25) is 5.13 Å². The van der Waals surface area contributed by atoms with Crippen molar-refractivity contribution in [2.45, 2.75) is 57.3 Å². The molecule has 2 aliphatic rings. The van der Waals surface area contributed by atoms with Gasteiger partial charge in [-0.05, 0) is 50.3 Å². The first-order valence-corrected chi connectivity index (χ1v) is 9.54. The molecule has 2 N–H and O–H groups in total. The number of benzene rings is 1. The molecule has 0 radical (unpaired) electrons. The summed E-state index contributed by atoms with van der Waals surface area (Å²) in [5, 5.41) is 21.9. The smallest absolute Gasteiger partial charge is 0.257 e. The zero-order valence-electron chi connectivity index (χ0n) is 14.2. The van der Waals surface area contributed by atoms with Gasteiger partial charge in [0.05, 0.1) is 6.10 Å². The molecule has 1 unspecified atom stereocenters. The lowest BCUT2D eigenvalue weighted by molar-refractivity contribution is 0.0310. The van der Waals surface area contributed by atoms with Gasteiger partial charge in [-0.2, -0.15) is 0 Å². The number of nitrogens with one attached hydrogen (secondary N) is 1. The molecule has 25 heavy (non-hydrogen) atoms. The van der Waals surface area contributed by atoms with Gasteiger partial charge in [-0.1, -0.05) is 23.5 Å². The number of aryl methyl sites for hydroxylation is 1. The third-order valence-electron chi connectivity index (χ3n) is 5.16. The molecule has 2 aliphatic heterocycles. The van der Waals surface area contributed by atoms with Crippen molar-refractivity contribution >= 4 is 22.4 Å². The lowest BCUT2D eigenvalue weighted by Gasteiger charge is -2.37. The van der Waals surface area contributed by atoms with Crippen LogP contribution in [0.3, 0.4) is 0 Å². The van der Waals surface area contributed by atoms with E-state index in [4.69, 9.17) is 0 Å². The number of nitrogens with zero attached hydrogens (tertiary/aromatic N) is 3. The van der Waals surface area contributed by atoms with Gasteiger partial charge in [-0.15, -0.1) is 10.2 Å². The van der Waals surface area contributed by atoms with Gasteiger partial charge >= 0.3 is 0 Å². The van der Waals surface area contributed by atoms with E-state index in [1.807, 2.05) is 25.1 Å². The number of amides is 1. The molecule has 1 aromatic heterocycles. The molecule has 7 heteroatoms. The molecule has 3 heterocycles. The van der Waals surface area contributed by atoms with E-state index in [1.54, 1.807) is 0 Å². The largest absolute Gasteiger partial charge is 0.393 e. The van der Waals surface area contributed by atoms with Crippen LogP contribution in [0.1, 0.15) is 46.6 Å². The standard InChI is InChI=1S/C18H22N4O2S/c1-11-20-21-18(25-11)19-17(24)13-4-2-3-12(7-13)10-22-14-5-6-15(22)9-16(23)8-14/h2-4,7,14-16,23H,5-6,8-10H2,1H3,(H,19,21,24)/t14-,15+,16?. The molecule has 1 aromatic carbocycles. The summed E-state index contributed by atoms with van der Waals surface area (Å²) in [7, 11) is 0. The predicted molar refractivity (Wildman–Crippen MR) is 96.6 cm³/mol. The third-order valence-corrected chi connectivity index (χ3v) is 5.91. The third kappa shape index (κ3) is 3.58. The summed E-state index contributed by atoms with van der Waals surface area (Å²) in [6.07, 6.45) is 3.91. The van der Waals surface area contributed by atoms with E-state index < -0.39 is 0 Å². The Morgan fingerprint density at radius 2 is 2.08 bits per heavy atom. The van der Waals surface area contributed by atoms with Crippen molar-refractivity contribution in [3.05, 3.63) is 40.4 Å². The highest BCUT2D eigenvalue weighted by atomic mass is 32.1. The number of hydrogen-bond acceptors (Lipinski definition) is 6. The minimum atomic E-state index is -0.157. The fraction of sp³-hybridized carbons (Fsp3) is 0.500. The van der Waals surface area contributed by atoms with E-state index in [0.29, 0.717) is 22.8 Å². The Kier molecular flexibility index (Phi) is 4.54. The second-order valence-electron chi connectivity index (χ2n) is 6.96. The van der Waals surface area contributed by atoms with Crippen LogP contribution in [0.5, 0.6) is 0 Å². The number of aliphatic hydroxyl groups is 1. The fourth-order valence-corrected chi connectivity index (χ4v) is 4.63. The molecule has 4 rings (SSSR count). The highest BCUT2D eigenvalue weighted by Crippen LogP contribution is 2.36. The number of aromatic nitrogens is 2. The number of carbonyl (C=O) groups is 1. The van der Waals surface area contributed by atoms with Crippen LogP contribution in [-0.2, 0) is 6.54 Å². The molecule has 2 aromatic rings. The summed E-state index contributed by atoms with van der Waals surface area (Å²) >= 11 is 1.37. The van der Waals surface area contributed by atoms with Gasteiger partial charge in [0.15, 0.2) is 0 Å². The number of piperidine rings is 1. The Balaban J connectivity index is 1.45. The molecule has 1 amide bonds. The molecule has 0 saturated carbocycles. The van der Waals surface area contributed by atoms with E-state index in [-0.39, 0.29) is 12.0 Å². The van der Waals surface area contributed by atoms with Crippen LogP contribution in [0.15, 0.2) is 24.3 Å². The van der Waals surface area contributed by atoms with Crippen LogP contribution in [0.25, 0.3) is 0 Å². The monoisotopic (exact) mass is 358 g/mol. The minimum Gasteiger partial charge on any atom is -0.393 e. The van der Waals surface area contributed by atoms with Crippen LogP contribution in [-0.4, -0.2) is 44.3 Å². The van der Waals surface area contributed by atoms with Gasteiger partial charge in [0.1, 0.15) is 5.01 Å². The van der Waals surface area contributed by atoms with E-state index in [9.17, 15) is 9.90 Å². The number of aliphatic hydroxyl groups excluding tert-OH is 1. The first-order chi connectivity index (χ1) is 12.1. The molecule has 3 atom stereocenters. The zero-order chi connectivity index (χ0) is 17.4. The van der Waals surface area contributed by atoms with Crippen molar-refractivity contribution in [2.75, 3.05) is 5.32 Å². The van der Waals surface area contributed by atoms with Crippen LogP contribution < -0.4 is 5.32 Å².